The summed E-state index contributed by atoms with van der Waals surface area (Å²) in [4.78, 5) is 56.8. The van der Waals surface area contributed by atoms with Gasteiger partial charge in [-0.05, 0) is 25.5 Å². The number of β-amino-alcohol motifs (C(OH)–C–C–N with tert-alkyl or cyclic N) is 1. The summed E-state index contributed by atoms with van der Waals surface area (Å²) in [6.45, 7) is 1.62. The zero-order chi connectivity index (χ0) is 28.7. The third kappa shape index (κ3) is 4.58. The second-order valence-corrected chi connectivity index (χ2v) is 10.8. The number of aliphatic hydroxyl groups is 1. The summed E-state index contributed by atoms with van der Waals surface area (Å²) < 4.78 is 13.9. The van der Waals surface area contributed by atoms with E-state index in [2.05, 4.69) is 15.6 Å². The van der Waals surface area contributed by atoms with Crippen molar-refractivity contribution in [2.45, 2.75) is 50.3 Å². The number of nitrogens with zero attached hydrogens (tertiary/aromatic N) is 5. The summed E-state index contributed by atoms with van der Waals surface area (Å²) in [5.41, 5.74) is -0.0241. The fourth-order valence-corrected chi connectivity index (χ4v) is 6.37. The second kappa shape index (κ2) is 10.7. The molecule has 0 saturated carbocycles. The third-order valence-corrected chi connectivity index (χ3v) is 8.18. The molecule has 2 aromatic rings. The Bertz CT molecular complexity index is 1440. The summed E-state index contributed by atoms with van der Waals surface area (Å²) in [5, 5.41) is 21.0. The van der Waals surface area contributed by atoms with Crippen molar-refractivity contribution in [1.82, 2.24) is 30.1 Å². The predicted molar refractivity (Wildman–Crippen MR) is 142 cm³/mol. The number of ether oxygens (including phenoxy) is 2. The molecule has 2 saturated heterocycles. The van der Waals surface area contributed by atoms with E-state index in [0.717, 1.165) is 5.52 Å². The lowest BCUT2D eigenvalue weighted by Crippen LogP contribution is -2.55. The molecule has 1 aromatic heterocycles. The average Bonchev–Trinajstić information content (AvgIpc) is 3.54. The minimum atomic E-state index is -1.46. The maximum Gasteiger partial charge on any atom is 0.313 e. The third-order valence-electron chi connectivity index (χ3n) is 8.18. The molecular weight excluding hydrogens is 532 g/mol. The van der Waals surface area contributed by atoms with E-state index >= 15 is 0 Å². The minimum Gasteiger partial charge on any atom is -0.460 e. The summed E-state index contributed by atoms with van der Waals surface area (Å²) in [5.74, 6) is -3.72. The molecule has 6 rings (SSSR count). The predicted octanol–water partition coefficient (Wildman–Crippen LogP) is -0.242. The van der Waals surface area contributed by atoms with Gasteiger partial charge in [0.05, 0.1) is 30.7 Å². The number of hydrogen-bond acceptors (Lipinski definition) is 9. The first-order valence-corrected chi connectivity index (χ1v) is 13.8. The number of esters is 1. The summed E-state index contributed by atoms with van der Waals surface area (Å²) in [6, 6.07) is 6.28. The molecule has 6 atom stereocenters. The molecule has 41 heavy (non-hydrogen) atoms. The molecule has 13 nitrogen and oxygen atoms in total. The number of hydrogen-bond donors (Lipinski definition) is 2. The summed E-state index contributed by atoms with van der Waals surface area (Å²) >= 11 is 0. The van der Waals surface area contributed by atoms with E-state index in [1.807, 2.05) is 24.3 Å². The van der Waals surface area contributed by atoms with Crippen molar-refractivity contribution in [2.75, 3.05) is 26.2 Å². The molecular formula is C28H32N6O7. The van der Waals surface area contributed by atoms with Gasteiger partial charge in [-0.2, -0.15) is 0 Å². The molecule has 1 spiro atoms. The van der Waals surface area contributed by atoms with Gasteiger partial charge in [-0.25, -0.2) is 4.68 Å². The largest absolute Gasteiger partial charge is 0.460 e. The lowest BCUT2D eigenvalue weighted by atomic mass is 9.78. The Labute approximate surface area is 235 Å². The highest BCUT2D eigenvalue weighted by Crippen LogP contribution is 2.53. The Balaban J connectivity index is 1.37. The van der Waals surface area contributed by atoms with Crippen LogP contribution >= 0.6 is 0 Å². The molecule has 0 aliphatic carbocycles. The number of aliphatic hydroxyl groups excluding tert-OH is 1. The van der Waals surface area contributed by atoms with E-state index in [-0.39, 0.29) is 45.2 Å². The Kier molecular flexibility index (Phi) is 7.08. The van der Waals surface area contributed by atoms with Crippen LogP contribution in [0.3, 0.4) is 0 Å². The highest BCUT2D eigenvalue weighted by atomic mass is 16.6. The van der Waals surface area contributed by atoms with Gasteiger partial charge >= 0.3 is 5.97 Å². The monoisotopic (exact) mass is 564 g/mol. The van der Waals surface area contributed by atoms with Gasteiger partial charge in [-0.3, -0.25) is 19.2 Å². The Morgan fingerprint density at radius 2 is 1.98 bits per heavy atom. The van der Waals surface area contributed by atoms with E-state index in [1.54, 1.807) is 40.8 Å². The van der Waals surface area contributed by atoms with Crippen molar-refractivity contribution >= 4 is 34.7 Å². The maximum atomic E-state index is 14.3. The molecule has 4 aliphatic rings. The van der Waals surface area contributed by atoms with Crippen LogP contribution in [0.4, 0.5) is 0 Å². The van der Waals surface area contributed by atoms with Crippen LogP contribution in [0, 0.1) is 11.8 Å². The number of allylic oxidation sites excluding steroid dienone is 1. The van der Waals surface area contributed by atoms with Crippen molar-refractivity contribution in [3.63, 3.8) is 0 Å². The molecule has 0 bridgehead atoms. The minimum absolute atomic E-state index is 0.0788. The number of benzene rings is 1. The summed E-state index contributed by atoms with van der Waals surface area (Å²) in [7, 11) is 0. The van der Waals surface area contributed by atoms with E-state index < -0.39 is 53.5 Å². The zero-order valence-corrected chi connectivity index (χ0v) is 22.6. The fraction of sp³-hybridized carbons (Fsp3) is 0.500. The highest BCUT2D eigenvalue weighted by molar-refractivity contribution is 5.99. The molecule has 4 aliphatic heterocycles. The van der Waals surface area contributed by atoms with Crippen LogP contribution in [0.15, 0.2) is 48.6 Å². The Hall–Kier alpha value is -4.10. The van der Waals surface area contributed by atoms with Crippen molar-refractivity contribution in [1.29, 1.82) is 0 Å². The average molecular weight is 565 g/mol. The van der Waals surface area contributed by atoms with Crippen molar-refractivity contribution in [3.8, 4) is 0 Å². The number of para-hydroxylation sites is 1. The molecule has 13 heteroatoms. The molecule has 2 N–H and O–H groups in total. The van der Waals surface area contributed by atoms with Gasteiger partial charge in [-0.15, -0.1) is 5.10 Å². The van der Waals surface area contributed by atoms with E-state index in [4.69, 9.17) is 9.47 Å². The van der Waals surface area contributed by atoms with Crippen molar-refractivity contribution in [3.05, 3.63) is 48.6 Å². The lowest BCUT2D eigenvalue weighted by Gasteiger charge is -2.35. The Morgan fingerprint density at radius 3 is 2.80 bits per heavy atom. The first kappa shape index (κ1) is 27.1. The number of carbonyl (C=O) groups excluding carboxylic acids is 4. The second-order valence-electron chi connectivity index (χ2n) is 10.8. The number of aromatic nitrogens is 3. The quantitative estimate of drug-likeness (QED) is 0.378. The van der Waals surface area contributed by atoms with Crippen LogP contribution in [0.1, 0.15) is 19.8 Å². The van der Waals surface area contributed by atoms with E-state index in [0.29, 0.717) is 11.9 Å². The Morgan fingerprint density at radius 1 is 1.15 bits per heavy atom. The van der Waals surface area contributed by atoms with Crippen LogP contribution in [-0.4, -0.2) is 104 Å². The SMILES string of the molecule is C[C@H]1CNC(=O)CC/C=C\[C@@H]2O[C@@]34C=CCN(Cn5nnc6ccccc65)C(=O)[C@@H]3N(CCO)C(=O)[C@H]4[C@@H]2C(=O)O1. The standard InChI is InChI=1S/C28H32N6O7/c1-17-15-29-21(36)10-5-4-9-20-22(27(39)40-17)23-25(37)33(13-14-35)24-26(38)32(12-6-11-28(23,24)41-20)16-34-19-8-3-2-7-18(19)30-31-34/h2-4,6-9,11,17,20,22-24,35H,5,10,12-16H2,1H3,(H,29,36)/b9-4-/t17-,20-,22+,23+,24-,28+/m0/s1. The smallest absolute Gasteiger partial charge is 0.313 e. The lowest BCUT2D eigenvalue weighted by molar-refractivity contribution is -0.159. The van der Waals surface area contributed by atoms with Crippen molar-refractivity contribution < 1.29 is 33.8 Å². The van der Waals surface area contributed by atoms with E-state index in [1.165, 1.54) is 4.90 Å². The fourth-order valence-electron chi connectivity index (χ4n) is 6.37. The zero-order valence-electron chi connectivity index (χ0n) is 22.6. The van der Waals surface area contributed by atoms with Gasteiger partial charge in [0.15, 0.2) is 0 Å². The molecule has 216 valence electrons. The van der Waals surface area contributed by atoms with Gasteiger partial charge < -0.3 is 29.7 Å². The van der Waals surface area contributed by atoms with Gasteiger partial charge in [0.2, 0.25) is 11.8 Å². The van der Waals surface area contributed by atoms with Crippen LogP contribution in [-0.2, 0) is 35.3 Å². The summed E-state index contributed by atoms with van der Waals surface area (Å²) in [6.07, 6.45) is 6.11. The number of fused-ring (bicyclic) bond motifs is 3. The number of likely N-dealkylation sites (tertiary alicyclic amines) is 1. The van der Waals surface area contributed by atoms with Gasteiger partial charge in [-0.1, -0.05) is 41.7 Å². The topological polar surface area (TPSA) is 156 Å². The van der Waals surface area contributed by atoms with Crippen LogP contribution in [0.2, 0.25) is 0 Å². The number of carbonyl (C=O) groups is 4. The van der Waals surface area contributed by atoms with Crippen LogP contribution in [0.25, 0.3) is 11.0 Å². The van der Waals surface area contributed by atoms with Crippen LogP contribution < -0.4 is 5.32 Å². The first-order chi connectivity index (χ1) is 19.8. The molecule has 0 radical (unpaired) electrons. The van der Waals surface area contributed by atoms with Gasteiger partial charge in [0.25, 0.3) is 5.91 Å². The number of rotatable bonds is 4. The maximum absolute atomic E-state index is 14.3. The molecule has 3 amide bonds. The molecule has 2 fully saturated rings. The number of nitrogens with one attached hydrogen (secondary N) is 1. The van der Waals surface area contributed by atoms with Crippen LogP contribution in [0.5, 0.6) is 0 Å². The normalized spacial score (nSPS) is 32.9. The number of cyclic esters (lactones) is 1. The van der Waals surface area contributed by atoms with Gasteiger partial charge in [0.1, 0.15) is 35.9 Å². The molecule has 1 aromatic carbocycles. The molecule has 0 unspecified atom stereocenters. The number of amides is 3. The van der Waals surface area contributed by atoms with E-state index in [9.17, 15) is 24.3 Å². The first-order valence-electron chi connectivity index (χ1n) is 13.8. The molecule has 5 heterocycles. The van der Waals surface area contributed by atoms with Crippen molar-refractivity contribution in [2.24, 2.45) is 11.8 Å². The highest BCUT2D eigenvalue weighted by Gasteiger charge is 2.71. The van der Waals surface area contributed by atoms with Gasteiger partial charge in [0, 0.05) is 19.5 Å².